The highest BCUT2D eigenvalue weighted by atomic mass is 16.5. The summed E-state index contributed by atoms with van der Waals surface area (Å²) in [5, 5.41) is 7.35. The maximum atomic E-state index is 12.7. The second-order valence-electron chi connectivity index (χ2n) is 7.15. The summed E-state index contributed by atoms with van der Waals surface area (Å²) in [6, 6.07) is 10.4. The molecule has 132 valence electrons. The highest BCUT2D eigenvalue weighted by molar-refractivity contribution is 5.79. The molecule has 1 atom stereocenters. The van der Waals surface area contributed by atoms with Crippen LogP contribution < -0.4 is 5.32 Å². The lowest BCUT2D eigenvalue weighted by atomic mass is 9.72. The molecule has 6 heteroatoms. The molecule has 1 aliphatic heterocycles. The molecule has 2 fully saturated rings. The topological polar surface area (TPSA) is 71.3 Å². The van der Waals surface area contributed by atoms with Crippen LogP contribution in [0.1, 0.15) is 55.4 Å². The van der Waals surface area contributed by atoms with E-state index in [-0.39, 0.29) is 17.5 Å². The molecular weight excluding hydrogens is 316 g/mol. The van der Waals surface area contributed by atoms with Gasteiger partial charge in [0.2, 0.25) is 11.8 Å². The molecule has 1 aromatic carbocycles. The van der Waals surface area contributed by atoms with E-state index in [0.29, 0.717) is 18.3 Å². The lowest BCUT2D eigenvalue weighted by Gasteiger charge is -2.43. The number of carbonyl (C=O) groups excluding carboxylic acids is 1. The zero-order chi connectivity index (χ0) is 17.3. The zero-order valence-corrected chi connectivity index (χ0v) is 14.6. The molecule has 2 heterocycles. The van der Waals surface area contributed by atoms with E-state index in [2.05, 4.69) is 32.5 Å². The molecule has 1 saturated heterocycles. The first-order valence-corrected chi connectivity index (χ1v) is 9.07. The largest absolute Gasteiger partial charge is 0.345 e. The van der Waals surface area contributed by atoms with Crippen molar-refractivity contribution in [1.29, 1.82) is 0 Å². The fraction of sp³-hybridized carbons (Fsp3) is 0.526. The van der Waals surface area contributed by atoms with E-state index < -0.39 is 0 Å². The van der Waals surface area contributed by atoms with Gasteiger partial charge in [-0.3, -0.25) is 9.69 Å². The quantitative estimate of drug-likeness (QED) is 0.906. The SMILES string of the molecule is Cc1nc([C@@H]2CCCN2CC(=O)NC2(c3ccccc3)CCC2)no1. The molecular formula is C19H24N4O2. The average Bonchev–Trinajstić information content (AvgIpc) is 3.20. The maximum absolute atomic E-state index is 12.7. The summed E-state index contributed by atoms with van der Waals surface area (Å²) in [7, 11) is 0. The minimum absolute atomic E-state index is 0.0793. The Balaban J connectivity index is 1.43. The van der Waals surface area contributed by atoms with Crippen molar-refractivity contribution in [2.45, 2.75) is 50.6 Å². The summed E-state index contributed by atoms with van der Waals surface area (Å²) in [6.45, 7) is 3.07. The van der Waals surface area contributed by atoms with E-state index in [1.165, 1.54) is 5.56 Å². The third kappa shape index (κ3) is 3.18. The van der Waals surface area contributed by atoms with Crippen LogP contribution in [0.25, 0.3) is 0 Å². The number of likely N-dealkylation sites (tertiary alicyclic amines) is 1. The summed E-state index contributed by atoms with van der Waals surface area (Å²) in [4.78, 5) is 19.3. The Morgan fingerprint density at radius 3 is 2.76 bits per heavy atom. The number of carbonyl (C=O) groups is 1. The smallest absolute Gasteiger partial charge is 0.234 e. The number of nitrogens with zero attached hydrogens (tertiary/aromatic N) is 3. The molecule has 1 amide bonds. The molecule has 25 heavy (non-hydrogen) atoms. The van der Waals surface area contributed by atoms with Gasteiger partial charge in [-0.1, -0.05) is 35.5 Å². The van der Waals surface area contributed by atoms with E-state index in [1.807, 2.05) is 18.2 Å². The van der Waals surface area contributed by atoms with Crippen molar-refractivity contribution in [3.63, 3.8) is 0 Å². The first-order chi connectivity index (χ1) is 12.2. The van der Waals surface area contributed by atoms with Gasteiger partial charge in [0.15, 0.2) is 5.82 Å². The monoisotopic (exact) mass is 340 g/mol. The van der Waals surface area contributed by atoms with Crippen molar-refractivity contribution in [2.24, 2.45) is 0 Å². The molecule has 0 unspecified atom stereocenters. The van der Waals surface area contributed by atoms with E-state index >= 15 is 0 Å². The number of nitrogens with one attached hydrogen (secondary N) is 1. The second kappa shape index (κ2) is 6.59. The fourth-order valence-corrected chi connectivity index (χ4v) is 4.02. The predicted molar refractivity (Wildman–Crippen MR) is 92.7 cm³/mol. The minimum atomic E-state index is -0.184. The number of benzene rings is 1. The van der Waals surface area contributed by atoms with Crippen molar-refractivity contribution >= 4 is 5.91 Å². The van der Waals surface area contributed by atoms with Crippen LogP contribution >= 0.6 is 0 Å². The number of hydrogen-bond donors (Lipinski definition) is 1. The van der Waals surface area contributed by atoms with Gasteiger partial charge in [0.25, 0.3) is 0 Å². The summed E-state index contributed by atoms with van der Waals surface area (Å²) < 4.78 is 5.11. The predicted octanol–water partition coefficient (Wildman–Crippen LogP) is 2.71. The molecule has 6 nitrogen and oxygen atoms in total. The van der Waals surface area contributed by atoms with Gasteiger partial charge in [0.1, 0.15) is 0 Å². The molecule has 1 saturated carbocycles. The Kier molecular flexibility index (Phi) is 4.29. The van der Waals surface area contributed by atoms with E-state index in [9.17, 15) is 4.79 Å². The molecule has 2 aliphatic rings. The summed E-state index contributed by atoms with van der Waals surface area (Å²) >= 11 is 0. The third-order valence-electron chi connectivity index (χ3n) is 5.46. The van der Waals surface area contributed by atoms with Gasteiger partial charge in [-0.15, -0.1) is 0 Å². The first-order valence-electron chi connectivity index (χ1n) is 9.07. The molecule has 0 bridgehead atoms. The van der Waals surface area contributed by atoms with Crippen molar-refractivity contribution in [3.8, 4) is 0 Å². The number of aromatic nitrogens is 2. The van der Waals surface area contributed by atoms with E-state index in [0.717, 1.165) is 38.6 Å². The van der Waals surface area contributed by atoms with Gasteiger partial charge in [0.05, 0.1) is 18.1 Å². The van der Waals surface area contributed by atoms with Crippen LogP contribution in [-0.2, 0) is 10.3 Å². The van der Waals surface area contributed by atoms with E-state index in [1.54, 1.807) is 6.92 Å². The Morgan fingerprint density at radius 2 is 2.12 bits per heavy atom. The Bertz CT molecular complexity index is 739. The Morgan fingerprint density at radius 1 is 1.32 bits per heavy atom. The van der Waals surface area contributed by atoms with E-state index in [4.69, 9.17) is 4.52 Å². The maximum Gasteiger partial charge on any atom is 0.234 e. The van der Waals surface area contributed by atoms with Gasteiger partial charge in [-0.05, 0) is 44.2 Å². The zero-order valence-electron chi connectivity index (χ0n) is 14.6. The molecule has 1 aromatic heterocycles. The number of amides is 1. The molecule has 4 rings (SSSR count). The Labute approximate surface area is 147 Å². The summed E-state index contributed by atoms with van der Waals surface area (Å²) in [6.07, 6.45) is 5.20. The molecule has 2 aromatic rings. The van der Waals surface area contributed by atoms with Gasteiger partial charge in [0, 0.05) is 6.92 Å². The van der Waals surface area contributed by atoms with Crippen LogP contribution in [0.15, 0.2) is 34.9 Å². The van der Waals surface area contributed by atoms with Crippen LogP contribution in [0.3, 0.4) is 0 Å². The third-order valence-corrected chi connectivity index (χ3v) is 5.46. The molecule has 1 N–H and O–H groups in total. The Hall–Kier alpha value is -2.21. The van der Waals surface area contributed by atoms with Crippen LogP contribution in [0.4, 0.5) is 0 Å². The average molecular weight is 340 g/mol. The van der Waals surface area contributed by atoms with Crippen LogP contribution in [-0.4, -0.2) is 34.0 Å². The number of aryl methyl sites for hydroxylation is 1. The lowest BCUT2D eigenvalue weighted by molar-refractivity contribution is -0.125. The molecule has 1 aliphatic carbocycles. The van der Waals surface area contributed by atoms with Crippen LogP contribution in [0, 0.1) is 6.92 Å². The first kappa shape index (κ1) is 16.3. The second-order valence-corrected chi connectivity index (χ2v) is 7.15. The summed E-state index contributed by atoms with van der Waals surface area (Å²) in [5.41, 5.74) is 1.03. The fourth-order valence-electron chi connectivity index (χ4n) is 4.02. The van der Waals surface area contributed by atoms with Crippen molar-refractivity contribution in [3.05, 3.63) is 47.6 Å². The van der Waals surface area contributed by atoms with Crippen LogP contribution in [0.5, 0.6) is 0 Å². The van der Waals surface area contributed by atoms with Crippen LogP contribution in [0.2, 0.25) is 0 Å². The summed E-state index contributed by atoms with van der Waals surface area (Å²) in [5.74, 6) is 1.35. The highest BCUT2D eigenvalue weighted by Gasteiger charge is 2.40. The van der Waals surface area contributed by atoms with Crippen molar-refractivity contribution in [1.82, 2.24) is 20.4 Å². The van der Waals surface area contributed by atoms with Gasteiger partial charge in [-0.2, -0.15) is 4.98 Å². The molecule has 0 spiro atoms. The highest BCUT2D eigenvalue weighted by Crippen LogP contribution is 2.41. The van der Waals surface area contributed by atoms with Gasteiger partial charge >= 0.3 is 0 Å². The molecule has 0 radical (unpaired) electrons. The standard InChI is InChI=1S/C19H24N4O2/c1-14-20-18(22-25-14)16-9-5-12-23(16)13-17(24)21-19(10-6-11-19)15-7-3-2-4-8-15/h2-4,7-8,16H,5-6,9-13H2,1H3,(H,21,24)/t16-/m0/s1. The minimum Gasteiger partial charge on any atom is -0.345 e. The van der Waals surface area contributed by atoms with Gasteiger partial charge in [-0.25, -0.2) is 0 Å². The van der Waals surface area contributed by atoms with Crippen molar-refractivity contribution in [2.75, 3.05) is 13.1 Å². The van der Waals surface area contributed by atoms with Gasteiger partial charge < -0.3 is 9.84 Å². The lowest BCUT2D eigenvalue weighted by Crippen LogP contribution is -2.53. The number of rotatable bonds is 5. The van der Waals surface area contributed by atoms with Crippen molar-refractivity contribution < 1.29 is 9.32 Å². The normalized spacial score (nSPS) is 22.5. The number of hydrogen-bond acceptors (Lipinski definition) is 5.